The van der Waals surface area contributed by atoms with Crippen molar-refractivity contribution in [3.05, 3.63) is 29.3 Å². The van der Waals surface area contributed by atoms with Gasteiger partial charge in [-0.15, -0.1) is 0 Å². The summed E-state index contributed by atoms with van der Waals surface area (Å²) in [5.74, 6) is 0.287. The van der Waals surface area contributed by atoms with Gasteiger partial charge in [0.15, 0.2) is 0 Å². The Morgan fingerprint density at radius 1 is 1.29 bits per heavy atom. The van der Waals surface area contributed by atoms with Gasteiger partial charge in [-0.1, -0.05) is 12.1 Å². The minimum absolute atomic E-state index is 0.0503. The zero-order valence-electron chi connectivity index (χ0n) is 12.1. The molecular formula is C14H16N6O. The van der Waals surface area contributed by atoms with E-state index in [4.69, 9.17) is 10.5 Å². The molecule has 0 amide bonds. The van der Waals surface area contributed by atoms with Gasteiger partial charge in [0, 0.05) is 0 Å². The summed E-state index contributed by atoms with van der Waals surface area (Å²) in [7, 11) is 0. The third kappa shape index (κ3) is 3.57. The molecule has 0 spiro atoms. The fourth-order valence-corrected chi connectivity index (χ4v) is 1.73. The maximum Gasteiger partial charge on any atom is 0.323 e. The summed E-state index contributed by atoms with van der Waals surface area (Å²) in [6.07, 6.45) is -0.0757. The van der Waals surface area contributed by atoms with Crippen molar-refractivity contribution < 1.29 is 4.74 Å². The van der Waals surface area contributed by atoms with Crippen LogP contribution in [0.4, 0.5) is 17.6 Å². The Labute approximate surface area is 122 Å². The van der Waals surface area contributed by atoms with E-state index in [1.807, 2.05) is 32.9 Å². The monoisotopic (exact) mass is 284 g/mol. The van der Waals surface area contributed by atoms with E-state index >= 15 is 0 Å². The zero-order chi connectivity index (χ0) is 15.4. The number of hydrogen-bond donors (Lipinski definition) is 2. The molecule has 1 aromatic heterocycles. The second-order valence-electron chi connectivity index (χ2n) is 4.70. The Morgan fingerprint density at radius 3 is 2.71 bits per heavy atom. The van der Waals surface area contributed by atoms with Gasteiger partial charge in [-0.05, 0) is 32.4 Å². The highest BCUT2D eigenvalue weighted by Crippen LogP contribution is 2.22. The van der Waals surface area contributed by atoms with Crippen LogP contribution in [0.2, 0.25) is 0 Å². The lowest BCUT2D eigenvalue weighted by atomic mass is 10.1. The average Bonchev–Trinajstić information content (AvgIpc) is 2.37. The molecule has 0 aliphatic rings. The first-order valence-electron chi connectivity index (χ1n) is 6.44. The highest BCUT2D eigenvalue weighted by molar-refractivity contribution is 5.65. The van der Waals surface area contributed by atoms with Gasteiger partial charge < -0.3 is 15.8 Å². The van der Waals surface area contributed by atoms with Crippen LogP contribution in [0, 0.1) is 18.3 Å². The standard InChI is InChI=1S/C14H16N6O/c1-8(2)21-14-19-12(16)18-13(20-14)17-11-6-4-5-9(3)10(11)7-15/h4-6,8H,1-3H3,(H3,16,17,18,19,20). The summed E-state index contributed by atoms with van der Waals surface area (Å²) in [6.45, 7) is 5.58. The Bertz CT molecular complexity index is 692. The van der Waals surface area contributed by atoms with Crippen molar-refractivity contribution in [2.24, 2.45) is 0 Å². The Balaban J connectivity index is 2.34. The number of nitriles is 1. The molecule has 0 bridgehead atoms. The van der Waals surface area contributed by atoms with Crippen molar-refractivity contribution in [2.75, 3.05) is 11.1 Å². The predicted octanol–water partition coefficient (Wildman–Crippen LogP) is 2.16. The van der Waals surface area contributed by atoms with Gasteiger partial charge in [0.25, 0.3) is 0 Å². The molecule has 7 heteroatoms. The maximum absolute atomic E-state index is 9.21. The number of benzene rings is 1. The molecule has 2 rings (SSSR count). The highest BCUT2D eigenvalue weighted by Gasteiger charge is 2.10. The normalized spacial score (nSPS) is 10.2. The van der Waals surface area contributed by atoms with Crippen molar-refractivity contribution in [2.45, 2.75) is 26.9 Å². The van der Waals surface area contributed by atoms with Gasteiger partial charge in [0.1, 0.15) is 6.07 Å². The molecule has 7 nitrogen and oxygen atoms in total. The quantitative estimate of drug-likeness (QED) is 0.885. The molecular weight excluding hydrogens is 268 g/mol. The lowest BCUT2D eigenvalue weighted by molar-refractivity contribution is 0.222. The van der Waals surface area contributed by atoms with Crippen molar-refractivity contribution >= 4 is 17.6 Å². The number of nitrogen functional groups attached to an aromatic ring is 1. The van der Waals surface area contributed by atoms with Crippen LogP contribution in [-0.2, 0) is 0 Å². The van der Waals surface area contributed by atoms with Crippen molar-refractivity contribution in [1.29, 1.82) is 5.26 Å². The van der Waals surface area contributed by atoms with Crippen LogP contribution in [0.3, 0.4) is 0 Å². The first-order chi connectivity index (χ1) is 9.99. The molecule has 2 aromatic rings. The van der Waals surface area contributed by atoms with Crippen LogP contribution < -0.4 is 15.8 Å². The first kappa shape index (κ1) is 14.5. The van der Waals surface area contributed by atoms with Crippen molar-refractivity contribution in [3.8, 4) is 12.1 Å². The molecule has 0 unspecified atom stereocenters. The number of nitrogens with one attached hydrogen (secondary N) is 1. The largest absolute Gasteiger partial charge is 0.461 e. The van der Waals surface area contributed by atoms with Crippen LogP contribution >= 0.6 is 0 Å². The molecule has 0 fully saturated rings. The number of hydrogen-bond acceptors (Lipinski definition) is 7. The smallest absolute Gasteiger partial charge is 0.323 e. The first-order valence-corrected chi connectivity index (χ1v) is 6.44. The van der Waals surface area contributed by atoms with Crippen molar-refractivity contribution in [1.82, 2.24) is 15.0 Å². The predicted molar refractivity (Wildman–Crippen MR) is 79.2 cm³/mol. The number of ether oxygens (including phenoxy) is 1. The topological polar surface area (TPSA) is 110 Å². The van der Waals surface area contributed by atoms with Gasteiger partial charge in [-0.3, -0.25) is 0 Å². The van der Waals surface area contributed by atoms with E-state index < -0.39 is 0 Å². The summed E-state index contributed by atoms with van der Waals surface area (Å²) >= 11 is 0. The molecule has 0 aliphatic heterocycles. The summed E-state index contributed by atoms with van der Waals surface area (Å²) < 4.78 is 5.41. The van der Waals surface area contributed by atoms with Crippen LogP contribution in [-0.4, -0.2) is 21.1 Å². The van der Waals surface area contributed by atoms with E-state index in [1.165, 1.54) is 0 Å². The Morgan fingerprint density at radius 2 is 2.05 bits per heavy atom. The summed E-state index contributed by atoms with van der Waals surface area (Å²) in [4.78, 5) is 12.0. The van der Waals surface area contributed by atoms with Crippen LogP contribution in [0.5, 0.6) is 6.01 Å². The van der Waals surface area contributed by atoms with E-state index in [0.717, 1.165) is 5.56 Å². The Kier molecular flexibility index (Phi) is 4.18. The van der Waals surface area contributed by atoms with Crippen LogP contribution in [0.15, 0.2) is 18.2 Å². The number of aryl methyl sites for hydroxylation is 1. The third-order valence-corrected chi connectivity index (χ3v) is 2.60. The maximum atomic E-state index is 9.21. The molecule has 108 valence electrons. The Hall–Kier alpha value is -2.88. The molecule has 1 aromatic carbocycles. The molecule has 3 N–H and O–H groups in total. The lowest BCUT2D eigenvalue weighted by Gasteiger charge is -2.11. The SMILES string of the molecule is Cc1cccc(Nc2nc(N)nc(OC(C)C)n2)c1C#N. The minimum atomic E-state index is -0.0757. The molecule has 0 aliphatic carbocycles. The number of rotatable bonds is 4. The number of nitrogens with two attached hydrogens (primary N) is 1. The van der Waals surface area contributed by atoms with Gasteiger partial charge >= 0.3 is 6.01 Å². The average molecular weight is 284 g/mol. The second-order valence-corrected chi connectivity index (χ2v) is 4.70. The fraction of sp³-hybridized carbons (Fsp3) is 0.286. The summed E-state index contributed by atoms with van der Waals surface area (Å²) in [5, 5.41) is 12.2. The minimum Gasteiger partial charge on any atom is -0.461 e. The highest BCUT2D eigenvalue weighted by atomic mass is 16.5. The molecule has 0 saturated heterocycles. The molecule has 0 atom stereocenters. The van der Waals surface area contributed by atoms with Crippen molar-refractivity contribution in [3.63, 3.8) is 0 Å². The molecule has 0 saturated carbocycles. The summed E-state index contributed by atoms with van der Waals surface area (Å²) in [6, 6.07) is 7.77. The van der Waals surface area contributed by atoms with E-state index in [2.05, 4.69) is 26.3 Å². The fourth-order valence-electron chi connectivity index (χ4n) is 1.73. The van der Waals surface area contributed by atoms with Gasteiger partial charge in [0.2, 0.25) is 11.9 Å². The summed E-state index contributed by atoms with van der Waals surface area (Å²) in [5.41, 5.74) is 7.65. The van der Waals surface area contributed by atoms with E-state index in [-0.39, 0.29) is 24.0 Å². The number of nitrogens with zero attached hydrogens (tertiary/aromatic N) is 4. The molecule has 1 heterocycles. The van der Waals surface area contributed by atoms with Crippen LogP contribution in [0.1, 0.15) is 25.0 Å². The molecule has 0 radical (unpaired) electrons. The van der Waals surface area contributed by atoms with Gasteiger partial charge in [-0.2, -0.15) is 20.2 Å². The second kappa shape index (κ2) is 6.05. The van der Waals surface area contributed by atoms with E-state index in [0.29, 0.717) is 11.3 Å². The number of aromatic nitrogens is 3. The van der Waals surface area contributed by atoms with Gasteiger partial charge in [0.05, 0.1) is 17.4 Å². The number of anilines is 3. The molecule has 21 heavy (non-hydrogen) atoms. The third-order valence-electron chi connectivity index (χ3n) is 2.60. The van der Waals surface area contributed by atoms with Gasteiger partial charge in [-0.25, -0.2) is 0 Å². The lowest BCUT2D eigenvalue weighted by Crippen LogP contribution is -2.12. The van der Waals surface area contributed by atoms with E-state index in [9.17, 15) is 5.26 Å². The van der Waals surface area contributed by atoms with Crippen LogP contribution in [0.25, 0.3) is 0 Å². The zero-order valence-corrected chi connectivity index (χ0v) is 12.1. The van der Waals surface area contributed by atoms with E-state index in [1.54, 1.807) is 6.07 Å².